The normalized spacial score (nSPS) is 14.6. The van der Waals surface area contributed by atoms with Gasteiger partial charge in [-0.3, -0.25) is 5.41 Å². The van der Waals surface area contributed by atoms with E-state index in [0.29, 0.717) is 22.3 Å². The Labute approximate surface area is 105 Å². The van der Waals surface area contributed by atoms with Crippen LogP contribution in [0.3, 0.4) is 0 Å². The molecule has 0 radical (unpaired) electrons. The Morgan fingerprint density at radius 1 is 1.47 bits per heavy atom. The van der Waals surface area contributed by atoms with Crippen molar-refractivity contribution in [2.75, 3.05) is 13.4 Å². The van der Waals surface area contributed by atoms with Crippen molar-refractivity contribution < 1.29 is 9.47 Å². The first kappa shape index (κ1) is 12.2. The van der Waals surface area contributed by atoms with Crippen molar-refractivity contribution in [3.05, 3.63) is 28.8 Å². The summed E-state index contributed by atoms with van der Waals surface area (Å²) in [5.41, 5.74) is 5.98. The maximum absolute atomic E-state index is 7.42. The van der Waals surface area contributed by atoms with Gasteiger partial charge in [-0.1, -0.05) is 11.6 Å². The first-order valence-electron chi connectivity index (χ1n) is 5.51. The average Bonchev–Trinajstić information content (AvgIpc) is 3.08. The topological polar surface area (TPSA) is 68.3 Å². The predicted molar refractivity (Wildman–Crippen MR) is 66.6 cm³/mol. The Morgan fingerprint density at radius 2 is 2.24 bits per heavy atom. The summed E-state index contributed by atoms with van der Waals surface area (Å²) in [6.45, 7) is 0.896. The zero-order chi connectivity index (χ0) is 12.3. The highest BCUT2D eigenvalue weighted by Crippen LogP contribution is 2.29. The Morgan fingerprint density at radius 3 is 2.88 bits per heavy atom. The highest BCUT2D eigenvalue weighted by atomic mass is 35.5. The minimum Gasteiger partial charge on any atom is -0.467 e. The number of hydrogen-bond donors (Lipinski definition) is 2. The van der Waals surface area contributed by atoms with Crippen molar-refractivity contribution in [2.45, 2.75) is 12.8 Å². The van der Waals surface area contributed by atoms with Crippen LogP contribution in [0.5, 0.6) is 5.75 Å². The van der Waals surface area contributed by atoms with Crippen LogP contribution in [0.4, 0.5) is 0 Å². The van der Waals surface area contributed by atoms with Crippen molar-refractivity contribution in [3.8, 4) is 5.75 Å². The lowest BCUT2D eigenvalue weighted by atomic mass is 10.2. The van der Waals surface area contributed by atoms with Gasteiger partial charge in [0.25, 0.3) is 0 Å². The Balaban J connectivity index is 1.92. The Bertz CT molecular complexity index is 419. The van der Waals surface area contributed by atoms with Crippen LogP contribution in [0.25, 0.3) is 0 Å². The third-order valence-corrected chi connectivity index (χ3v) is 2.82. The summed E-state index contributed by atoms with van der Waals surface area (Å²) in [4.78, 5) is 0. The van der Waals surface area contributed by atoms with Gasteiger partial charge in [0.15, 0.2) is 6.79 Å². The van der Waals surface area contributed by atoms with E-state index in [-0.39, 0.29) is 12.6 Å². The van der Waals surface area contributed by atoms with Crippen LogP contribution < -0.4 is 10.5 Å². The second-order valence-corrected chi connectivity index (χ2v) is 4.57. The van der Waals surface area contributed by atoms with Crippen molar-refractivity contribution in [1.82, 2.24) is 0 Å². The van der Waals surface area contributed by atoms with Gasteiger partial charge >= 0.3 is 0 Å². The van der Waals surface area contributed by atoms with Crippen molar-refractivity contribution in [1.29, 1.82) is 5.41 Å². The molecule has 0 bridgehead atoms. The van der Waals surface area contributed by atoms with Crippen LogP contribution in [0.15, 0.2) is 18.2 Å². The molecule has 2 rings (SSSR count). The lowest BCUT2D eigenvalue weighted by Crippen LogP contribution is -2.14. The monoisotopic (exact) mass is 254 g/mol. The van der Waals surface area contributed by atoms with Gasteiger partial charge in [-0.05, 0) is 37.0 Å². The fourth-order valence-corrected chi connectivity index (χ4v) is 1.60. The molecule has 1 aliphatic carbocycles. The molecule has 0 atom stereocenters. The zero-order valence-corrected chi connectivity index (χ0v) is 10.2. The fraction of sp³-hybridized carbons (Fsp3) is 0.417. The smallest absolute Gasteiger partial charge is 0.189 e. The summed E-state index contributed by atoms with van der Waals surface area (Å²) >= 11 is 5.86. The number of amidine groups is 1. The van der Waals surface area contributed by atoms with E-state index in [0.717, 1.165) is 6.61 Å². The third kappa shape index (κ3) is 3.61. The quantitative estimate of drug-likeness (QED) is 0.354. The third-order valence-electron chi connectivity index (χ3n) is 2.58. The highest BCUT2D eigenvalue weighted by Gasteiger charge is 2.21. The molecule has 1 aromatic rings. The lowest BCUT2D eigenvalue weighted by molar-refractivity contribution is 0.00989. The van der Waals surface area contributed by atoms with Crippen molar-refractivity contribution >= 4 is 17.4 Å². The summed E-state index contributed by atoms with van der Waals surface area (Å²) in [6, 6.07) is 4.98. The van der Waals surface area contributed by atoms with Crippen LogP contribution in [-0.4, -0.2) is 19.2 Å². The Hall–Kier alpha value is -1.26. The summed E-state index contributed by atoms with van der Waals surface area (Å²) in [5.74, 6) is 1.14. The van der Waals surface area contributed by atoms with Gasteiger partial charge in [-0.15, -0.1) is 0 Å². The number of nitrogens with two attached hydrogens (primary N) is 1. The van der Waals surface area contributed by atoms with Crippen LogP contribution in [0.1, 0.15) is 18.4 Å². The minimum absolute atomic E-state index is 0.0427. The van der Waals surface area contributed by atoms with Crippen LogP contribution in [0, 0.1) is 11.3 Å². The van der Waals surface area contributed by atoms with E-state index in [1.807, 2.05) is 0 Å². The van der Waals surface area contributed by atoms with E-state index in [4.69, 9.17) is 32.2 Å². The standard InChI is InChI=1S/C12H15ClN2O2/c13-9-3-4-10(12(14)15)11(5-9)17-7-16-6-8-1-2-8/h3-5,8H,1-2,6-7H2,(H3,14,15). The minimum atomic E-state index is -0.0427. The van der Waals surface area contributed by atoms with E-state index in [9.17, 15) is 0 Å². The molecule has 92 valence electrons. The molecule has 0 aliphatic heterocycles. The maximum atomic E-state index is 7.42. The predicted octanol–water partition coefficient (Wildman–Crippen LogP) is 2.39. The van der Waals surface area contributed by atoms with Gasteiger partial charge in [0.1, 0.15) is 11.6 Å². The van der Waals surface area contributed by atoms with Crippen LogP contribution >= 0.6 is 11.6 Å². The second kappa shape index (κ2) is 5.38. The van der Waals surface area contributed by atoms with Gasteiger partial charge in [0.2, 0.25) is 0 Å². The lowest BCUT2D eigenvalue weighted by Gasteiger charge is -2.11. The number of hydrogen-bond acceptors (Lipinski definition) is 3. The van der Waals surface area contributed by atoms with Crippen molar-refractivity contribution in [2.24, 2.45) is 11.7 Å². The Kier molecular flexibility index (Phi) is 3.86. The molecule has 3 N–H and O–H groups in total. The fourth-order valence-electron chi connectivity index (χ4n) is 1.44. The highest BCUT2D eigenvalue weighted by molar-refractivity contribution is 6.30. The van der Waals surface area contributed by atoms with E-state index < -0.39 is 0 Å². The molecule has 4 nitrogen and oxygen atoms in total. The number of ether oxygens (including phenoxy) is 2. The molecule has 0 spiro atoms. The number of rotatable bonds is 6. The van der Waals surface area contributed by atoms with Gasteiger partial charge < -0.3 is 15.2 Å². The molecule has 1 fully saturated rings. The molecule has 17 heavy (non-hydrogen) atoms. The molecule has 1 saturated carbocycles. The molecule has 0 saturated heterocycles. The summed E-state index contributed by atoms with van der Waals surface area (Å²) < 4.78 is 10.8. The molecule has 0 amide bonds. The summed E-state index contributed by atoms with van der Waals surface area (Å²) in [5, 5.41) is 7.97. The van der Waals surface area contributed by atoms with Crippen molar-refractivity contribution in [3.63, 3.8) is 0 Å². The molecule has 0 unspecified atom stereocenters. The number of benzene rings is 1. The van der Waals surface area contributed by atoms with E-state index in [2.05, 4.69) is 0 Å². The molecule has 0 heterocycles. The van der Waals surface area contributed by atoms with Crippen LogP contribution in [0.2, 0.25) is 5.02 Å². The first-order valence-corrected chi connectivity index (χ1v) is 5.89. The molecule has 5 heteroatoms. The molecular formula is C12H15ClN2O2. The zero-order valence-electron chi connectivity index (χ0n) is 9.41. The van der Waals surface area contributed by atoms with E-state index in [1.165, 1.54) is 12.8 Å². The van der Waals surface area contributed by atoms with Gasteiger partial charge in [-0.2, -0.15) is 0 Å². The summed E-state index contributed by atoms with van der Waals surface area (Å²) in [6.07, 6.45) is 2.49. The number of halogens is 1. The molecule has 0 aromatic heterocycles. The van der Waals surface area contributed by atoms with E-state index >= 15 is 0 Å². The van der Waals surface area contributed by atoms with Gasteiger partial charge in [0.05, 0.1) is 12.2 Å². The second-order valence-electron chi connectivity index (χ2n) is 4.13. The molecular weight excluding hydrogens is 240 g/mol. The van der Waals surface area contributed by atoms with E-state index in [1.54, 1.807) is 18.2 Å². The maximum Gasteiger partial charge on any atom is 0.189 e. The number of nitrogens with one attached hydrogen (secondary N) is 1. The molecule has 1 aliphatic rings. The largest absolute Gasteiger partial charge is 0.467 e. The average molecular weight is 255 g/mol. The first-order chi connectivity index (χ1) is 8.16. The number of nitrogen functional groups attached to an aromatic ring is 1. The van der Waals surface area contributed by atoms with Gasteiger partial charge in [0, 0.05) is 5.02 Å². The van der Waals surface area contributed by atoms with Gasteiger partial charge in [-0.25, -0.2) is 0 Å². The molecule has 1 aromatic carbocycles. The van der Waals surface area contributed by atoms with Crippen LogP contribution in [-0.2, 0) is 4.74 Å². The summed E-state index contributed by atoms with van der Waals surface area (Å²) in [7, 11) is 0. The SMILES string of the molecule is N=C(N)c1ccc(Cl)cc1OCOCC1CC1.